The lowest BCUT2D eigenvalue weighted by Gasteiger charge is -2.14. The van der Waals surface area contributed by atoms with Crippen LogP contribution in [0.5, 0.6) is 11.5 Å². The molecule has 0 bridgehead atoms. The van der Waals surface area contributed by atoms with Crippen molar-refractivity contribution in [3.05, 3.63) is 59.7 Å². The number of aromatic carboxylic acids is 1. The Hall–Kier alpha value is -2.49. The maximum atomic E-state index is 10.9. The van der Waals surface area contributed by atoms with E-state index in [2.05, 4.69) is 19.9 Å². The molecular weight excluding hydrogens is 280 g/mol. The molecule has 0 heterocycles. The smallest absolute Gasteiger partial charge is 0.335 e. The zero-order chi connectivity index (χ0) is 15.9. The molecule has 116 valence electrons. The van der Waals surface area contributed by atoms with E-state index in [1.165, 1.54) is 12.1 Å². The zero-order valence-corrected chi connectivity index (χ0v) is 12.8. The number of hydrogen-bond donors (Lipinski definition) is 1. The van der Waals surface area contributed by atoms with Crippen molar-refractivity contribution in [1.29, 1.82) is 0 Å². The molecule has 0 aliphatic heterocycles. The Morgan fingerprint density at radius 3 is 2.50 bits per heavy atom. The van der Waals surface area contributed by atoms with E-state index in [9.17, 15) is 4.79 Å². The SMILES string of the molecule is CC(C)c1ccccc1OCCOc1cccc(C(=O)O)c1. The van der Waals surface area contributed by atoms with Crippen LogP contribution in [0.2, 0.25) is 0 Å². The number of ether oxygens (including phenoxy) is 2. The molecule has 0 aliphatic rings. The Balaban J connectivity index is 1.87. The van der Waals surface area contributed by atoms with Gasteiger partial charge in [-0.1, -0.05) is 38.1 Å². The second kappa shape index (κ2) is 7.50. The number of rotatable bonds is 7. The summed E-state index contributed by atoms with van der Waals surface area (Å²) in [6, 6.07) is 14.4. The summed E-state index contributed by atoms with van der Waals surface area (Å²) in [5.74, 6) is 0.818. The van der Waals surface area contributed by atoms with E-state index in [1.807, 2.05) is 18.2 Å². The maximum Gasteiger partial charge on any atom is 0.335 e. The summed E-state index contributed by atoms with van der Waals surface area (Å²) in [7, 11) is 0. The van der Waals surface area contributed by atoms with Crippen LogP contribution in [0.25, 0.3) is 0 Å². The molecule has 4 heteroatoms. The van der Waals surface area contributed by atoms with Gasteiger partial charge in [0.05, 0.1) is 5.56 Å². The van der Waals surface area contributed by atoms with Crippen molar-refractivity contribution in [3.8, 4) is 11.5 Å². The van der Waals surface area contributed by atoms with Crippen molar-refractivity contribution in [2.45, 2.75) is 19.8 Å². The van der Waals surface area contributed by atoms with Crippen LogP contribution in [-0.4, -0.2) is 24.3 Å². The second-order valence-corrected chi connectivity index (χ2v) is 5.22. The van der Waals surface area contributed by atoms with Crippen LogP contribution in [0.1, 0.15) is 35.7 Å². The van der Waals surface area contributed by atoms with Crippen LogP contribution in [0, 0.1) is 0 Å². The Morgan fingerprint density at radius 2 is 1.77 bits per heavy atom. The summed E-state index contributed by atoms with van der Waals surface area (Å²) < 4.78 is 11.3. The van der Waals surface area contributed by atoms with Gasteiger partial charge in [0, 0.05) is 0 Å². The van der Waals surface area contributed by atoms with Gasteiger partial charge in [0.2, 0.25) is 0 Å². The highest BCUT2D eigenvalue weighted by molar-refractivity contribution is 5.87. The Morgan fingerprint density at radius 1 is 1.05 bits per heavy atom. The van der Waals surface area contributed by atoms with Gasteiger partial charge >= 0.3 is 5.97 Å². The molecule has 0 spiro atoms. The number of hydrogen-bond acceptors (Lipinski definition) is 3. The van der Waals surface area contributed by atoms with Crippen molar-refractivity contribution >= 4 is 5.97 Å². The summed E-state index contributed by atoms with van der Waals surface area (Å²) in [4.78, 5) is 10.9. The molecular formula is C18H20O4. The fraction of sp³-hybridized carbons (Fsp3) is 0.278. The highest BCUT2D eigenvalue weighted by atomic mass is 16.5. The van der Waals surface area contributed by atoms with Gasteiger partial charge in [-0.25, -0.2) is 4.79 Å². The molecule has 0 aromatic heterocycles. The second-order valence-electron chi connectivity index (χ2n) is 5.22. The highest BCUT2D eigenvalue weighted by Gasteiger charge is 2.07. The molecule has 22 heavy (non-hydrogen) atoms. The van der Waals surface area contributed by atoms with Crippen LogP contribution in [0.4, 0.5) is 0 Å². The van der Waals surface area contributed by atoms with Crippen LogP contribution < -0.4 is 9.47 Å². The van der Waals surface area contributed by atoms with E-state index in [0.717, 1.165) is 11.3 Å². The van der Waals surface area contributed by atoms with Gasteiger partial charge in [-0.3, -0.25) is 0 Å². The van der Waals surface area contributed by atoms with E-state index in [1.54, 1.807) is 12.1 Å². The molecule has 2 rings (SSSR count). The number of carbonyl (C=O) groups is 1. The van der Waals surface area contributed by atoms with Gasteiger partial charge < -0.3 is 14.6 Å². The molecule has 2 aromatic carbocycles. The average molecular weight is 300 g/mol. The number of benzene rings is 2. The van der Waals surface area contributed by atoms with Gasteiger partial charge in [0.1, 0.15) is 24.7 Å². The Kier molecular flexibility index (Phi) is 5.42. The third kappa shape index (κ3) is 4.25. The topological polar surface area (TPSA) is 55.8 Å². The number of carboxylic acids is 1. The largest absolute Gasteiger partial charge is 0.490 e. The van der Waals surface area contributed by atoms with Crippen LogP contribution in [-0.2, 0) is 0 Å². The molecule has 0 saturated heterocycles. The Bertz CT molecular complexity index is 634. The predicted molar refractivity (Wildman–Crippen MR) is 84.9 cm³/mol. The first-order chi connectivity index (χ1) is 10.6. The monoisotopic (exact) mass is 300 g/mol. The lowest BCUT2D eigenvalue weighted by Crippen LogP contribution is -2.10. The minimum atomic E-state index is -0.965. The van der Waals surface area contributed by atoms with Crippen LogP contribution in [0.3, 0.4) is 0 Å². The Labute approximate surface area is 130 Å². The fourth-order valence-corrected chi connectivity index (χ4v) is 2.12. The summed E-state index contributed by atoms with van der Waals surface area (Å²) in [5.41, 5.74) is 1.37. The lowest BCUT2D eigenvalue weighted by atomic mass is 10.0. The maximum absolute atomic E-state index is 10.9. The standard InChI is InChI=1S/C18H20O4/c1-13(2)16-8-3-4-9-17(16)22-11-10-21-15-7-5-6-14(12-15)18(19)20/h3-9,12-13H,10-11H2,1-2H3,(H,19,20). The molecule has 1 N–H and O–H groups in total. The number of para-hydroxylation sites is 1. The lowest BCUT2D eigenvalue weighted by molar-refractivity contribution is 0.0696. The van der Waals surface area contributed by atoms with Crippen molar-refractivity contribution in [2.75, 3.05) is 13.2 Å². The molecule has 0 radical (unpaired) electrons. The van der Waals surface area contributed by atoms with Gasteiger partial charge in [-0.2, -0.15) is 0 Å². The van der Waals surface area contributed by atoms with Gasteiger partial charge in [-0.15, -0.1) is 0 Å². The van der Waals surface area contributed by atoms with Gasteiger partial charge in [0.15, 0.2) is 0 Å². The van der Waals surface area contributed by atoms with Crippen LogP contribution >= 0.6 is 0 Å². The normalized spacial score (nSPS) is 10.5. The van der Waals surface area contributed by atoms with Gasteiger partial charge in [0.25, 0.3) is 0 Å². The third-order valence-electron chi connectivity index (χ3n) is 3.23. The van der Waals surface area contributed by atoms with Crippen molar-refractivity contribution < 1.29 is 19.4 Å². The molecule has 0 fully saturated rings. The first-order valence-electron chi connectivity index (χ1n) is 7.26. The first kappa shape index (κ1) is 15.9. The van der Waals surface area contributed by atoms with Crippen molar-refractivity contribution in [3.63, 3.8) is 0 Å². The summed E-state index contributed by atoms with van der Waals surface area (Å²) >= 11 is 0. The van der Waals surface area contributed by atoms with E-state index in [-0.39, 0.29) is 5.56 Å². The van der Waals surface area contributed by atoms with E-state index in [0.29, 0.717) is 24.9 Å². The van der Waals surface area contributed by atoms with E-state index in [4.69, 9.17) is 14.6 Å². The van der Waals surface area contributed by atoms with Crippen LogP contribution in [0.15, 0.2) is 48.5 Å². The molecule has 0 unspecified atom stereocenters. The molecule has 0 atom stereocenters. The molecule has 4 nitrogen and oxygen atoms in total. The minimum Gasteiger partial charge on any atom is -0.490 e. The quantitative estimate of drug-likeness (QED) is 0.786. The molecule has 0 saturated carbocycles. The number of carboxylic acid groups (broad SMARTS) is 1. The predicted octanol–water partition coefficient (Wildman–Crippen LogP) is 3.97. The van der Waals surface area contributed by atoms with Gasteiger partial charge in [-0.05, 0) is 35.7 Å². The highest BCUT2D eigenvalue weighted by Crippen LogP contribution is 2.25. The molecule has 0 aliphatic carbocycles. The molecule has 0 amide bonds. The van der Waals surface area contributed by atoms with Crippen molar-refractivity contribution in [1.82, 2.24) is 0 Å². The van der Waals surface area contributed by atoms with E-state index < -0.39 is 5.97 Å². The fourth-order valence-electron chi connectivity index (χ4n) is 2.12. The van der Waals surface area contributed by atoms with E-state index >= 15 is 0 Å². The first-order valence-corrected chi connectivity index (χ1v) is 7.26. The summed E-state index contributed by atoms with van der Waals surface area (Å²) in [5, 5.41) is 8.93. The van der Waals surface area contributed by atoms with Crippen molar-refractivity contribution in [2.24, 2.45) is 0 Å². The zero-order valence-electron chi connectivity index (χ0n) is 12.8. The summed E-state index contributed by atoms with van der Waals surface area (Å²) in [6.45, 7) is 5.00. The molecule has 2 aromatic rings. The summed E-state index contributed by atoms with van der Waals surface area (Å²) in [6.07, 6.45) is 0. The minimum absolute atomic E-state index is 0.212. The average Bonchev–Trinajstić information content (AvgIpc) is 2.52. The third-order valence-corrected chi connectivity index (χ3v) is 3.23.